The number of fused-ring (bicyclic) bond motifs is 1. The average molecular weight is 276 g/mol. The summed E-state index contributed by atoms with van der Waals surface area (Å²) in [6.45, 7) is 0. The first-order valence-electron chi connectivity index (χ1n) is 5.90. The molecule has 5 heteroatoms. The van der Waals surface area contributed by atoms with E-state index in [0.717, 1.165) is 0 Å². The Morgan fingerprint density at radius 3 is 2.00 bits per heavy atom. The molecular weight excluding hydrogens is 263 g/mol. The van der Waals surface area contributed by atoms with Gasteiger partial charge in [0.1, 0.15) is 18.4 Å². The van der Waals surface area contributed by atoms with Gasteiger partial charge in [-0.15, -0.1) is 0 Å². The lowest BCUT2D eigenvalue weighted by Gasteiger charge is -2.16. The maximum atomic E-state index is 12.9. The molecule has 1 aliphatic rings. The molecule has 0 radical (unpaired) electrons. The fourth-order valence-corrected chi connectivity index (χ4v) is 3.92. The summed E-state index contributed by atoms with van der Waals surface area (Å²) in [5.74, 6) is 1.18. The van der Waals surface area contributed by atoms with E-state index in [1.54, 1.807) is 30.3 Å². The smallest absolute Gasteiger partial charge is 0.190 e. The van der Waals surface area contributed by atoms with Crippen LogP contribution in [0.2, 0.25) is 0 Å². The molecule has 3 rings (SSSR count). The molecule has 0 saturated carbocycles. The summed E-state index contributed by atoms with van der Waals surface area (Å²) in [7, 11) is -2.92. The van der Waals surface area contributed by atoms with Crippen molar-refractivity contribution in [3.8, 4) is 17.2 Å². The van der Waals surface area contributed by atoms with E-state index in [4.69, 9.17) is 9.47 Å². The highest BCUT2D eigenvalue weighted by atomic mass is 31.2. The van der Waals surface area contributed by atoms with Crippen molar-refractivity contribution in [2.75, 3.05) is 12.7 Å². The van der Waals surface area contributed by atoms with Crippen LogP contribution in [0.25, 0.3) is 0 Å². The largest absolute Gasteiger partial charge is 0.507 e. The molecule has 0 unspecified atom stereocenters. The summed E-state index contributed by atoms with van der Waals surface area (Å²) in [4.78, 5) is 0. The Hall–Kier alpha value is -1.93. The summed E-state index contributed by atoms with van der Waals surface area (Å²) >= 11 is 0. The highest BCUT2D eigenvalue weighted by molar-refractivity contribution is 7.71. The van der Waals surface area contributed by atoms with Crippen LogP contribution in [-0.4, -0.2) is 17.8 Å². The monoisotopic (exact) mass is 276 g/mol. The van der Waals surface area contributed by atoms with Crippen molar-refractivity contribution < 1.29 is 19.1 Å². The van der Waals surface area contributed by atoms with E-state index in [1.807, 2.05) is 12.1 Å². The van der Waals surface area contributed by atoms with Gasteiger partial charge in [0, 0.05) is 0 Å². The van der Waals surface area contributed by atoms with Gasteiger partial charge in [0.2, 0.25) is 0 Å². The number of phenolic OH excluding ortho intramolecular Hbond substituents is 1. The minimum absolute atomic E-state index is 0.0176. The molecule has 2 aromatic carbocycles. The van der Waals surface area contributed by atoms with E-state index in [-0.39, 0.29) is 18.4 Å². The maximum absolute atomic E-state index is 12.9. The van der Waals surface area contributed by atoms with Crippen molar-refractivity contribution in [2.24, 2.45) is 0 Å². The molecule has 0 fully saturated rings. The van der Waals surface area contributed by atoms with Crippen LogP contribution in [0.1, 0.15) is 0 Å². The quantitative estimate of drug-likeness (QED) is 0.814. The van der Waals surface area contributed by atoms with Gasteiger partial charge < -0.3 is 19.1 Å². The first kappa shape index (κ1) is 12.1. The molecule has 4 nitrogen and oxygen atoms in total. The summed E-state index contributed by atoms with van der Waals surface area (Å²) in [5.41, 5.74) is 0. The summed E-state index contributed by atoms with van der Waals surface area (Å²) in [6.07, 6.45) is 0.0587. The zero-order chi connectivity index (χ0) is 13.3. The predicted molar refractivity (Wildman–Crippen MR) is 72.8 cm³/mol. The Balaban J connectivity index is 1.97. The molecule has 0 bridgehead atoms. The lowest BCUT2D eigenvalue weighted by atomic mass is 10.3. The molecule has 0 aromatic heterocycles. The standard InChI is InChI=1S/C14H13O4P/c15-11-5-1-4-8-14(11)19(16)9-17-12-6-2-3-7-13(12)18-10-19/h1-8,15H,9-10H2. The zero-order valence-electron chi connectivity index (χ0n) is 10.2. The molecular formula is C14H13O4P. The number of ether oxygens (including phenoxy) is 2. The normalized spacial score (nSPS) is 16.6. The van der Waals surface area contributed by atoms with Crippen LogP contribution in [-0.2, 0) is 4.57 Å². The number of hydrogen-bond donors (Lipinski definition) is 1. The second kappa shape index (κ2) is 4.63. The first-order chi connectivity index (χ1) is 9.19. The van der Waals surface area contributed by atoms with Crippen LogP contribution in [0.4, 0.5) is 0 Å². The van der Waals surface area contributed by atoms with Crippen molar-refractivity contribution in [3.05, 3.63) is 48.5 Å². The van der Waals surface area contributed by atoms with Gasteiger partial charge in [-0.3, -0.25) is 0 Å². The molecule has 0 amide bonds. The van der Waals surface area contributed by atoms with E-state index in [0.29, 0.717) is 16.8 Å². The van der Waals surface area contributed by atoms with Crippen LogP contribution in [0, 0.1) is 0 Å². The molecule has 0 spiro atoms. The third-order valence-corrected chi connectivity index (χ3v) is 5.38. The van der Waals surface area contributed by atoms with Crippen molar-refractivity contribution in [1.82, 2.24) is 0 Å². The van der Waals surface area contributed by atoms with Crippen molar-refractivity contribution in [3.63, 3.8) is 0 Å². The van der Waals surface area contributed by atoms with Crippen molar-refractivity contribution in [2.45, 2.75) is 0 Å². The van der Waals surface area contributed by atoms with Crippen molar-refractivity contribution >= 4 is 12.4 Å². The lowest BCUT2D eigenvalue weighted by Crippen LogP contribution is -2.14. The van der Waals surface area contributed by atoms with Crippen LogP contribution in [0.3, 0.4) is 0 Å². The van der Waals surface area contributed by atoms with Gasteiger partial charge in [0.25, 0.3) is 0 Å². The lowest BCUT2D eigenvalue weighted by molar-refractivity contribution is 0.355. The number of phenols is 1. The minimum atomic E-state index is -2.92. The minimum Gasteiger partial charge on any atom is -0.507 e. The van der Waals surface area contributed by atoms with Gasteiger partial charge in [-0.05, 0) is 24.3 Å². The molecule has 0 atom stereocenters. The van der Waals surface area contributed by atoms with E-state index in [1.165, 1.54) is 6.07 Å². The first-order valence-corrected chi connectivity index (χ1v) is 7.98. The second-order valence-corrected chi connectivity index (χ2v) is 7.15. The van der Waals surface area contributed by atoms with Crippen LogP contribution < -0.4 is 14.8 Å². The Kier molecular flexibility index (Phi) is 2.96. The number of benzene rings is 2. The average Bonchev–Trinajstić information content (AvgIpc) is 2.60. The third kappa shape index (κ3) is 2.20. The Morgan fingerprint density at radius 2 is 1.42 bits per heavy atom. The number of rotatable bonds is 1. The molecule has 19 heavy (non-hydrogen) atoms. The van der Waals surface area contributed by atoms with Gasteiger partial charge in [-0.2, -0.15) is 0 Å². The molecule has 2 aromatic rings. The number of aromatic hydroxyl groups is 1. The van der Waals surface area contributed by atoms with Crippen LogP contribution in [0.5, 0.6) is 17.2 Å². The maximum Gasteiger partial charge on any atom is 0.190 e. The number of hydrogen-bond acceptors (Lipinski definition) is 4. The Bertz CT molecular complexity index is 622. The predicted octanol–water partition coefficient (Wildman–Crippen LogP) is 2.77. The van der Waals surface area contributed by atoms with Gasteiger partial charge >= 0.3 is 0 Å². The van der Waals surface area contributed by atoms with E-state index >= 15 is 0 Å². The highest BCUT2D eigenvalue weighted by Crippen LogP contribution is 2.50. The zero-order valence-corrected chi connectivity index (χ0v) is 11.0. The van der Waals surface area contributed by atoms with Crippen LogP contribution >= 0.6 is 7.14 Å². The highest BCUT2D eigenvalue weighted by Gasteiger charge is 2.32. The summed E-state index contributed by atoms with van der Waals surface area (Å²) in [5, 5.41) is 10.3. The second-order valence-electron chi connectivity index (χ2n) is 4.37. The van der Waals surface area contributed by atoms with Crippen LogP contribution in [0.15, 0.2) is 48.5 Å². The SMILES string of the molecule is O=P1(c2ccccc2O)COc2ccccc2OC1. The van der Waals surface area contributed by atoms with E-state index < -0.39 is 7.14 Å². The summed E-state index contributed by atoms with van der Waals surface area (Å²) < 4.78 is 24.1. The molecule has 1 heterocycles. The van der Waals surface area contributed by atoms with E-state index in [9.17, 15) is 9.67 Å². The van der Waals surface area contributed by atoms with Crippen molar-refractivity contribution in [1.29, 1.82) is 0 Å². The number of para-hydroxylation sites is 3. The Labute approximate surface area is 111 Å². The van der Waals surface area contributed by atoms with E-state index in [2.05, 4.69) is 0 Å². The van der Waals surface area contributed by atoms with Gasteiger partial charge in [0.15, 0.2) is 18.6 Å². The van der Waals surface area contributed by atoms with Gasteiger partial charge in [0.05, 0.1) is 5.30 Å². The third-order valence-electron chi connectivity index (χ3n) is 3.03. The fraction of sp³-hybridized carbons (Fsp3) is 0.143. The Morgan fingerprint density at radius 1 is 0.895 bits per heavy atom. The molecule has 0 saturated heterocycles. The summed E-state index contributed by atoms with van der Waals surface area (Å²) in [6, 6.07) is 13.8. The molecule has 1 aliphatic heterocycles. The molecule has 1 N–H and O–H groups in total. The van der Waals surface area contributed by atoms with Gasteiger partial charge in [-0.1, -0.05) is 24.3 Å². The topological polar surface area (TPSA) is 55.8 Å². The molecule has 98 valence electrons. The molecule has 0 aliphatic carbocycles. The van der Waals surface area contributed by atoms with Gasteiger partial charge in [-0.25, -0.2) is 0 Å². The fourth-order valence-electron chi connectivity index (χ4n) is 2.02.